The molecule has 0 unspecified atom stereocenters. The molecule has 0 saturated carbocycles. The van der Waals surface area contributed by atoms with E-state index < -0.39 is 0 Å². The van der Waals surface area contributed by atoms with E-state index in [-0.39, 0.29) is 24.5 Å². The fourth-order valence-corrected chi connectivity index (χ4v) is 2.09. The molecule has 0 heterocycles. The lowest BCUT2D eigenvalue weighted by molar-refractivity contribution is -0.116. The number of halogens is 2. The maximum absolute atomic E-state index is 11.9. The van der Waals surface area contributed by atoms with E-state index in [1.165, 1.54) is 0 Å². The van der Waals surface area contributed by atoms with Crippen LogP contribution in [0.15, 0.2) is 48.5 Å². The van der Waals surface area contributed by atoms with Gasteiger partial charge in [0.1, 0.15) is 0 Å². The molecule has 0 aromatic heterocycles. The Morgan fingerprint density at radius 2 is 1.57 bits per heavy atom. The van der Waals surface area contributed by atoms with Crippen molar-refractivity contribution < 1.29 is 9.59 Å². The number of nitrogens with one attached hydrogen (secondary N) is 1. The van der Waals surface area contributed by atoms with Crippen LogP contribution in [-0.2, 0) is 4.79 Å². The van der Waals surface area contributed by atoms with Crippen LogP contribution in [0.25, 0.3) is 0 Å². The minimum absolute atomic E-state index is 0.0963. The highest BCUT2D eigenvalue weighted by atomic mass is 35.5. The summed E-state index contributed by atoms with van der Waals surface area (Å²) < 4.78 is 0. The van der Waals surface area contributed by atoms with E-state index in [9.17, 15) is 9.59 Å². The number of amides is 1. The van der Waals surface area contributed by atoms with Crippen LogP contribution in [0.3, 0.4) is 0 Å². The van der Waals surface area contributed by atoms with Crippen LogP contribution in [0, 0.1) is 0 Å². The zero-order chi connectivity index (χ0) is 15.2. The molecule has 0 bridgehead atoms. The van der Waals surface area contributed by atoms with Crippen LogP contribution in [-0.4, -0.2) is 11.7 Å². The fraction of sp³-hybridized carbons (Fsp3) is 0.125. The molecular weight excluding hydrogens is 309 g/mol. The third-order valence-corrected chi connectivity index (χ3v) is 3.47. The molecule has 0 spiro atoms. The minimum atomic E-state index is -0.245. The van der Waals surface area contributed by atoms with Gasteiger partial charge in [-0.2, -0.15) is 0 Å². The fourth-order valence-electron chi connectivity index (χ4n) is 1.78. The van der Waals surface area contributed by atoms with E-state index in [1.54, 1.807) is 48.5 Å². The Morgan fingerprint density at radius 1 is 0.905 bits per heavy atom. The van der Waals surface area contributed by atoms with Gasteiger partial charge in [-0.1, -0.05) is 35.3 Å². The van der Waals surface area contributed by atoms with E-state index in [2.05, 4.69) is 5.32 Å². The van der Waals surface area contributed by atoms with Crippen molar-refractivity contribution in [2.24, 2.45) is 0 Å². The summed E-state index contributed by atoms with van der Waals surface area (Å²) in [4.78, 5) is 23.7. The van der Waals surface area contributed by atoms with Gasteiger partial charge in [-0.25, -0.2) is 0 Å². The number of hydrogen-bond acceptors (Lipinski definition) is 2. The van der Waals surface area contributed by atoms with Crippen LogP contribution in [0.4, 0.5) is 5.69 Å². The molecule has 3 nitrogen and oxygen atoms in total. The Hall–Kier alpha value is -1.84. The molecule has 1 N–H and O–H groups in total. The van der Waals surface area contributed by atoms with Crippen LogP contribution >= 0.6 is 23.2 Å². The molecule has 108 valence electrons. The van der Waals surface area contributed by atoms with Crippen LogP contribution in [0.5, 0.6) is 0 Å². The molecule has 0 radical (unpaired) electrons. The van der Waals surface area contributed by atoms with Gasteiger partial charge in [0, 0.05) is 23.4 Å². The zero-order valence-electron chi connectivity index (χ0n) is 11.1. The van der Waals surface area contributed by atoms with E-state index in [4.69, 9.17) is 23.2 Å². The first-order valence-electron chi connectivity index (χ1n) is 6.39. The number of carbonyl (C=O) groups excluding carboxylic acids is 2. The molecule has 21 heavy (non-hydrogen) atoms. The second-order valence-corrected chi connectivity index (χ2v) is 5.30. The molecule has 0 aliphatic heterocycles. The highest BCUT2D eigenvalue weighted by Gasteiger charge is 2.10. The van der Waals surface area contributed by atoms with Gasteiger partial charge in [-0.3, -0.25) is 9.59 Å². The van der Waals surface area contributed by atoms with Gasteiger partial charge in [0.15, 0.2) is 5.78 Å². The van der Waals surface area contributed by atoms with E-state index >= 15 is 0 Å². The molecule has 0 atom stereocenters. The first kappa shape index (κ1) is 15.5. The number of carbonyl (C=O) groups is 2. The molecule has 2 rings (SSSR count). The van der Waals surface area contributed by atoms with Crippen molar-refractivity contribution in [1.29, 1.82) is 0 Å². The second kappa shape index (κ2) is 7.25. The van der Waals surface area contributed by atoms with Crippen molar-refractivity contribution in [1.82, 2.24) is 0 Å². The minimum Gasteiger partial charge on any atom is -0.325 e. The Morgan fingerprint density at radius 3 is 2.24 bits per heavy atom. The largest absolute Gasteiger partial charge is 0.325 e. The van der Waals surface area contributed by atoms with Crippen molar-refractivity contribution in [3.05, 3.63) is 64.1 Å². The van der Waals surface area contributed by atoms with Crippen LogP contribution in [0.1, 0.15) is 23.2 Å². The van der Waals surface area contributed by atoms with Gasteiger partial charge >= 0.3 is 0 Å². The van der Waals surface area contributed by atoms with Gasteiger partial charge in [0.25, 0.3) is 0 Å². The average molecular weight is 322 g/mol. The third-order valence-electron chi connectivity index (χ3n) is 2.89. The lowest BCUT2D eigenvalue weighted by Crippen LogP contribution is -2.13. The highest BCUT2D eigenvalue weighted by molar-refractivity contribution is 6.33. The predicted octanol–water partition coefficient (Wildman–Crippen LogP) is 4.60. The first-order chi connectivity index (χ1) is 10.1. The number of rotatable bonds is 5. The number of Topliss-reactive ketones (excluding diaryl/α,β-unsaturated/α-hetero) is 1. The van der Waals surface area contributed by atoms with E-state index in [0.717, 1.165) is 0 Å². The van der Waals surface area contributed by atoms with Gasteiger partial charge in [0.05, 0.1) is 10.7 Å². The van der Waals surface area contributed by atoms with Crippen molar-refractivity contribution in [3.63, 3.8) is 0 Å². The Kier molecular flexibility index (Phi) is 5.37. The average Bonchev–Trinajstić information content (AvgIpc) is 2.48. The summed E-state index contributed by atoms with van der Waals surface area (Å²) in [6.07, 6.45) is 0.241. The van der Waals surface area contributed by atoms with Gasteiger partial charge < -0.3 is 5.32 Å². The number of para-hydroxylation sites is 1. The lowest BCUT2D eigenvalue weighted by atomic mass is 10.1. The summed E-state index contributed by atoms with van der Waals surface area (Å²) in [6.45, 7) is 0. The Balaban J connectivity index is 1.88. The Labute approximate surface area is 132 Å². The normalized spacial score (nSPS) is 10.2. The number of anilines is 1. The summed E-state index contributed by atoms with van der Waals surface area (Å²) in [7, 11) is 0. The number of benzene rings is 2. The van der Waals surface area contributed by atoms with E-state index in [1.807, 2.05) is 0 Å². The second-order valence-electron chi connectivity index (χ2n) is 4.46. The van der Waals surface area contributed by atoms with Gasteiger partial charge in [-0.15, -0.1) is 0 Å². The lowest BCUT2D eigenvalue weighted by Gasteiger charge is -2.06. The smallest absolute Gasteiger partial charge is 0.224 e. The topological polar surface area (TPSA) is 46.2 Å². The molecule has 2 aromatic rings. The maximum atomic E-state index is 11.9. The van der Waals surface area contributed by atoms with Gasteiger partial charge in [-0.05, 0) is 36.4 Å². The standard InChI is InChI=1S/C16H13Cl2NO2/c17-12-7-5-11(6-8-12)15(20)9-10-16(21)19-14-4-2-1-3-13(14)18/h1-8H,9-10H2,(H,19,21). The molecule has 0 aliphatic carbocycles. The van der Waals surface area contributed by atoms with Crippen LogP contribution in [0.2, 0.25) is 10.0 Å². The summed E-state index contributed by atoms with van der Waals surface area (Å²) in [6, 6.07) is 13.6. The van der Waals surface area contributed by atoms with Gasteiger partial charge in [0.2, 0.25) is 5.91 Å². The van der Waals surface area contributed by atoms with Crippen molar-refractivity contribution in [3.8, 4) is 0 Å². The molecule has 0 aliphatic rings. The quantitative estimate of drug-likeness (QED) is 0.818. The third kappa shape index (κ3) is 4.59. The maximum Gasteiger partial charge on any atom is 0.224 e. The number of hydrogen-bond donors (Lipinski definition) is 1. The predicted molar refractivity (Wildman–Crippen MR) is 85.1 cm³/mol. The first-order valence-corrected chi connectivity index (χ1v) is 7.15. The van der Waals surface area contributed by atoms with Crippen molar-refractivity contribution in [2.45, 2.75) is 12.8 Å². The molecular formula is C16H13Cl2NO2. The molecule has 0 fully saturated rings. The highest BCUT2D eigenvalue weighted by Crippen LogP contribution is 2.20. The molecule has 5 heteroatoms. The molecule has 1 amide bonds. The monoisotopic (exact) mass is 321 g/mol. The molecule has 0 saturated heterocycles. The SMILES string of the molecule is O=C(CCC(=O)c1ccc(Cl)cc1)Nc1ccccc1Cl. The molecule has 2 aromatic carbocycles. The van der Waals surface area contributed by atoms with Crippen molar-refractivity contribution >= 4 is 40.6 Å². The van der Waals surface area contributed by atoms with Crippen molar-refractivity contribution in [2.75, 3.05) is 5.32 Å². The zero-order valence-corrected chi connectivity index (χ0v) is 12.6. The Bertz CT molecular complexity index is 654. The summed E-state index contributed by atoms with van der Waals surface area (Å²) in [5, 5.41) is 3.72. The summed E-state index contributed by atoms with van der Waals surface area (Å²) >= 11 is 11.7. The summed E-state index contributed by atoms with van der Waals surface area (Å²) in [5.41, 5.74) is 1.09. The van der Waals surface area contributed by atoms with Crippen LogP contribution < -0.4 is 5.32 Å². The number of ketones is 1. The van der Waals surface area contributed by atoms with E-state index in [0.29, 0.717) is 21.3 Å². The summed E-state index contributed by atoms with van der Waals surface area (Å²) in [5.74, 6) is -0.341.